The molecule has 0 saturated carbocycles. The molecule has 0 saturated heterocycles. The van der Waals surface area contributed by atoms with Crippen LogP contribution in [-0.2, 0) is 14.9 Å². The summed E-state index contributed by atoms with van der Waals surface area (Å²) in [4.78, 5) is 24.2. The largest absolute Gasteiger partial charge is 0.465 e. The Morgan fingerprint density at radius 1 is 1.04 bits per heavy atom. The number of methoxy groups -OCH3 is 1. The smallest absolute Gasteiger partial charge is 0.337 e. The van der Waals surface area contributed by atoms with Crippen LogP contribution in [0.1, 0.15) is 43.6 Å². The van der Waals surface area contributed by atoms with Crippen molar-refractivity contribution in [3.63, 3.8) is 0 Å². The second-order valence-corrected chi connectivity index (χ2v) is 7.38. The van der Waals surface area contributed by atoms with Gasteiger partial charge in [0.2, 0.25) is 5.91 Å². The summed E-state index contributed by atoms with van der Waals surface area (Å²) in [5.74, 6) is 0.0808. The summed E-state index contributed by atoms with van der Waals surface area (Å²) in [6, 6.07) is 15.2. The van der Waals surface area contributed by atoms with E-state index in [-0.39, 0.29) is 11.9 Å². The highest BCUT2D eigenvalue weighted by atomic mass is 16.5. The fraction of sp³-hybridized carbons (Fsp3) is 0.364. The van der Waals surface area contributed by atoms with Crippen LogP contribution in [0, 0.1) is 5.92 Å². The molecule has 0 fully saturated rings. The maximum Gasteiger partial charge on any atom is 0.337 e. The number of carbonyl (C=O) groups excluding carboxylic acids is 2. The second-order valence-electron chi connectivity index (χ2n) is 7.38. The topological polar surface area (TPSA) is 55.4 Å². The van der Waals surface area contributed by atoms with E-state index in [1.165, 1.54) is 7.11 Å². The molecule has 26 heavy (non-hydrogen) atoms. The van der Waals surface area contributed by atoms with Crippen molar-refractivity contribution in [2.45, 2.75) is 33.1 Å². The third-order valence-electron chi connectivity index (χ3n) is 4.46. The predicted octanol–water partition coefficient (Wildman–Crippen LogP) is 4.19. The minimum absolute atomic E-state index is 0.0200. The van der Waals surface area contributed by atoms with Crippen LogP contribution in [0.25, 0.3) is 11.1 Å². The summed E-state index contributed by atoms with van der Waals surface area (Å²) >= 11 is 0. The zero-order valence-electron chi connectivity index (χ0n) is 16.1. The third kappa shape index (κ3) is 4.51. The lowest BCUT2D eigenvalue weighted by molar-refractivity contribution is -0.125. The van der Waals surface area contributed by atoms with Crippen LogP contribution in [0.3, 0.4) is 0 Å². The molecule has 0 radical (unpaired) electrons. The first kappa shape index (κ1) is 19.7. The number of hydrogen-bond donors (Lipinski definition) is 1. The molecule has 4 heteroatoms. The molecule has 0 atom stereocenters. The van der Waals surface area contributed by atoms with E-state index in [0.29, 0.717) is 18.0 Å². The highest BCUT2D eigenvalue weighted by Crippen LogP contribution is 2.27. The molecule has 1 amide bonds. The van der Waals surface area contributed by atoms with Gasteiger partial charge in [0, 0.05) is 6.54 Å². The van der Waals surface area contributed by atoms with Crippen molar-refractivity contribution in [1.82, 2.24) is 5.32 Å². The molecule has 0 aliphatic carbocycles. The quantitative estimate of drug-likeness (QED) is 0.792. The zero-order chi connectivity index (χ0) is 19.3. The van der Waals surface area contributed by atoms with Crippen LogP contribution in [0.15, 0.2) is 48.5 Å². The van der Waals surface area contributed by atoms with Crippen molar-refractivity contribution in [2.24, 2.45) is 5.92 Å². The van der Waals surface area contributed by atoms with Crippen LogP contribution in [0.4, 0.5) is 0 Å². The zero-order valence-corrected chi connectivity index (χ0v) is 16.1. The van der Waals surface area contributed by atoms with Crippen molar-refractivity contribution in [3.8, 4) is 11.1 Å². The van der Waals surface area contributed by atoms with Crippen molar-refractivity contribution < 1.29 is 14.3 Å². The standard InChI is InChI=1S/C22H27NO3/c1-15(2)14-23-21(25)22(3,4)19-11-9-16(10-12-19)17-7-6-8-18(13-17)20(24)26-5/h6-13,15H,14H2,1-5H3,(H,23,25). The van der Waals surface area contributed by atoms with Gasteiger partial charge >= 0.3 is 5.97 Å². The van der Waals surface area contributed by atoms with Gasteiger partial charge in [-0.25, -0.2) is 4.79 Å². The second kappa shape index (κ2) is 8.17. The Labute approximate surface area is 155 Å². The number of ether oxygens (including phenoxy) is 1. The van der Waals surface area contributed by atoms with E-state index in [0.717, 1.165) is 16.7 Å². The molecule has 0 bridgehead atoms. The van der Waals surface area contributed by atoms with Gasteiger partial charge < -0.3 is 10.1 Å². The Morgan fingerprint density at radius 2 is 1.69 bits per heavy atom. The minimum atomic E-state index is -0.610. The van der Waals surface area contributed by atoms with E-state index in [2.05, 4.69) is 19.2 Å². The van der Waals surface area contributed by atoms with Gasteiger partial charge in [-0.2, -0.15) is 0 Å². The molecular weight excluding hydrogens is 326 g/mol. The van der Waals surface area contributed by atoms with Crippen molar-refractivity contribution >= 4 is 11.9 Å². The normalized spacial score (nSPS) is 11.3. The number of rotatable bonds is 6. The average Bonchev–Trinajstić information content (AvgIpc) is 2.65. The summed E-state index contributed by atoms with van der Waals surface area (Å²) in [7, 11) is 1.37. The summed E-state index contributed by atoms with van der Waals surface area (Å²) in [6.07, 6.45) is 0. The molecule has 2 aromatic rings. The van der Waals surface area contributed by atoms with E-state index in [4.69, 9.17) is 4.74 Å². The van der Waals surface area contributed by atoms with Gasteiger partial charge in [0.1, 0.15) is 0 Å². The van der Waals surface area contributed by atoms with E-state index < -0.39 is 5.41 Å². The Balaban J connectivity index is 2.22. The van der Waals surface area contributed by atoms with Gasteiger partial charge in [0.05, 0.1) is 18.1 Å². The van der Waals surface area contributed by atoms with E-state index in [9.17, 15) is 9.59 Å². The third-order valence-corrected chi connectivity index (χ3v) is 4.46. The Morgan fingerprint density at radius 3 is 2.27 bits per heavy atom. The molecule has 138 valence electrons. The first-order chi connectivity index (χ1) is 12.3. The molecule has 2 rings (SSSR count). The fourth-order valence-electron chi connectivity index (χ4n) is 2.67. The maximum absolute atomic E-state index is 12.5. The lowest BCUT2D eigenvalue weighted by Gasteiger charge is -2.25. The molecular formula is C22H27NO3. The molecule has 0 aliphatic rings. The van der Waals surface area contributed by atoms with Crippen LogP contribution in [0.2, 0.25) is 0 Å². The van der Waals surface area contributed by atoms with Gasteiger partial charge in [-0.1, -0.05) is 50.2 Å². The maximum atomic E-state index is 12.5. The minimum Gasteiger partial charge on any atom is -0.465 e. The Kier molecular flexibility index (Phi) is 6.19. The number of nitrogens with one attached hydrogen (secondary N) is 1. The highest BCUT2D eigenvalue weighted by molar-refractivity contribution is 5.91. The van der Waals surface area contributed by atoms with Crippen LogP contribution < -0.4 is 5.32 Å². The predicted molar refractivity (Wildman–Crippen MR) is 104 cm³/mol. The molecule has 4 nitrogen and oxygen atoms in total. The molecule has 2 aromatic carbocycles. The summed E-state index contributed by atoms with van der Waals surface area (Å²) in [6.45, 7) is 8.67. The van der Waals surface area contributed by atoms with Crippen molar-refractivity contribution in [2.75, 3.05) is 13.7 Å². The van der Waals surface area contributed by atoms with Gasteiger partial charge in [-0.15, -0.1) is 0 Å². The van der Waals surface area contributed by atoms with Gasteiger partial charge in [-0.3, -0.25) is 4.79 Å². The molecule has 0 spiro atoms. The summed E-state index contributed by atoms with van der Waals surface area (Å²) < 4.78 is 4.77. The Bertz CT molecular complexity index is 776. The molecule has 0 heterocycles. The lowest BCUT2D eigenvalue weighted by atomic mass is 9.83. The molecule has 0 aromatic heterocycles. The van der Waals surface area contributed by atoms with E-state index >= 15 is 0 Å². The fourth-order valence-corrected chi connectivity index (χ4v) is 2.67. The number of esters is 1. The van der Waals surface area contributed by atoms with Crippen LogP contribution >= 0.6 is 0 Å². The van der Waals surface area contributed by atoms with E-state index in [1.807, 2.05) is 50.2 Å². The summed E-state index contributed by atoms with van der Waals surface area (Å²) in [5, 5.41) is 3.00. The average molecular weight is 353 g/mol. The van der Waals surface area contributed by atoms with Gasteiger partial charge in [0.25, 0.3) is 0 Å². The van der Waals surface area contributed by atoms with Gasteiger partial charge in [-0.05, 0) is 48.6 Å². The number of amides is 1. The van der Waals surface area contributed by atoms with Crippen LogP contribution in [0.5, 0.6) is 0 Å². The first-order valence-corrected chi connectivity index (χ1v) is 8.83. The number of benzene rings is 2. The van der Waals surface area contributed by atoms with Gasteiger partial charge in [0.15, 0.2) is 0 Å². The van der Waals surface area contributed by atoms with Crippen molar-refractivity contribution in [1.29, 1.82) is 0 Å². The van der Waals surface area contributed by atoms with Crippen LogP contribution in [-0.4, -0.2) is 25.5 Å². The monoisotopic (exact) mass is 353 g/mol. The van der Waals surface area contributed by atoms with E-state index in [1.54, 1.807) is 12.1 Å². The highest BCUT2D eigenvalue weighted by Gasteiger charge is 2.29. The van der Waals surface area contributed by atoms with Crippen molar-refractivity contribution in [3.05, 3.63) is 59.7 Å². The summed E-state index contributed by atoms with van der Waals surface area (Å²) in [5.41, 5.74) is 2.77. The first-order valence-electron chi connectivity index (χ1n) is 8.83. The Hall–Kier alpha value is -2.62. The number of carbonyl (C=O) groups is 2. The number of hydrogen-bond acceptors (Lipinski definition) is 3. The lowest BCUT2D eigenvalue weighted by Crippen LogP contribution is -2.41. The molecule has 1 N–H and O–H groups in total. The SMILES string of the molecule is COC(=O)c1cccc(-c2ccc(C(C)(C)C(=O)NCC(C)C)cc2)c1. The molecule has 0 aliphatic heterocycles. The molecule has 0 unspecified atom stereocenters.